The molecular weight excluding hydrogens is 318 g/mol. The molecule has 0 radical (unpaired) electrons. The number of hydrogen-bond acceptors (Lipinski definition) is 6. The van der Waals surface area contributed by atoms with Gasteiger partial charge in [-0.25, -0.2) is 4.98 Å². The Morgan fingerprint density at radius 3 is 2.56 bits per heavy atom. The average molecular weight is 339 g/mol. The van der Waals surface area contributed by atoms with Crippen molar-refractivity contribution in [3.63, 3.8) is 0 Å². The van der Waals surface area contributed by atoms with Gasteiger partial charge in [0.2, 0.25) is 0 Å². The summed E-state index contributed by atoms with van der Waals surface area (Å²) in [5.74, 6) is 0. The Morgan fingerprint density at radius 2 is 1.80 bits per heavy atom. The Hall–Kier alpha value is -2.74. The molecule has 0 saturated carbocycles. The summed E-state index contributed by atoms with van der Waals surface area (Å²) in [6.45, 7) is 5.70. The van der Waals surface area contributed by atoms with E-state index in [4.69, 9.17) is 0 Å². The predicted molar refractivity (Wildman–Crippen MR) is 95.7 cm³/mol. The molecule has 1 aliphatic heterocycles. The van der Waals surface area contributed by atoms with Crippen LogP contribution < -0.4 is 10.5 Å². The highest BCUT2D eigenvalue weighted by atomic mass is 16.1. The lowest BCUT2D eigenvalue weighted by atomic mass is 10.2. The molecule has 0 unspecified atom stereocenters. The molecule has 1 aliphatic rings. The zero-order valence-corrected chi connectivity index (χ0v) is 14.2. The first-order valence-electron chi connectivity index (χ1n) is 8.47. The summed E-state index contributed by atoms with van der Waals surface area (Å²) in [4.78, 5) is 23.0. The van der Waals surface area contributed by atoms with Gasteiger partial charge in [-0.2, -0.15) is 15.0 Å². The second kappa shape index (κ2) is 6.64. The van der Waals surface area contributed by atoms with Crippen LogP contribution in [0.15, 0.2) is 41.7 Å². The molecule has 0 aliphatic carbocycles. The van der Waals surface area contributed by atoms with E-state index < -0.39 is 0 Å². The van der Waals surface area contributed by atoms with Crippen molar-refractivity contribution < 1.29 is 0 Å². The van der Waals surface area contributed by atoms with Crippen molar-refractivity contribution in [3.05, 3.63) is 47.3 Å². The van der Waals surface area contributed by atoms with E-state index in [1.54, 1.807) is 30.6 Å². The molecule has 130 valence electrons. The van der Waals surface area contributed by atoms with Gasteiger partial charge in [0.1, 0.15) is 0 Å². The van der Waals surface area contributed by atoms with Crippen molar-refractivity contribution >= 4 is 16.6 Å². The van der Waals surface area contributed by atoms with Crippen LogP contribution in [-0.2, 0) is 13.6 Å². The molecule has 3 aromatic rings. The zero-order chi connectivity index (χ0) is 17.2. The Labute approximate surface area is 145 Å². The van der Waals surface area contributed by atoms with Crippen LogP contribution in [0.5, 0.6) is 0 Å². The fraction of sp³-hybridized carbons (Fsp3) is 0.412. The van der Waals surface area contributed by atoms with Crippen molar-refractivity contribution in [1.29, 1.82) is 0 Å². The summed E-state index contributed by atoms with van der Waals surface area (Å²) in [6, 6.07) is 5.92. The Kier molecular flexibility index (Phi) is 4.19. The molecule has 0 amide bonds. The molecule has 1 fully saturated rings. The number of anilines is 1. The minimum absolute atomic E-state index is 0.00593. The maximum absolute atomic E-state index is 12.1. The Balaban J connectivity index is 1.41. The van der Waals surface area contributed by atoms with E-state index >= 15 is 0 Å². The zero-order valence-electron chi connectivity index (χ0n) is 14.2. The molecule has 2 aromatic heterocycles. The minimum Gasteiger partial charge on any atom is -0.369 e. The summed E-state index contributed by atoms with van der Waals surface area (Å²) in [6.07, 6.45) is 4.99. The standard InChI is InChI=1S/C17H21N7O/c1-21-13-18-16-12-14(2-3-15(16)17(21)25)23-9-6-22(7-10-23)8-11-24-19-4-5-20-24/h2-5,12-13H,6-11H2,1H3. The normalized spacial score (nSPS) is 15.8. The molecule has 3 heterocycles. The number of fused-ring (bicyclic) bond motifs is 1. The van der Waals surface area contributed by atoms with Crippen LogP contribution in [0, 0.1) is 0 Å². The van der Waals surface area contributed by atoms with E-state index in [1.165, 1.54) is 4.57 Å². The lowest BCUT2D eigenvalue weighted by molar-refractivity contribution is 0.239. The molecule has 0 spiro atoms. The molecule has 0 N–H and O–H groups in total. The third-order valence-electron chi connectivity index (χ3n) is 4.72. The Bertz CT molecular complexity index is 910. The largest absolute Gasteiger partial charge is 0.369 e. The first-order chi connectivity index (χ1) is 12.2. The summed E-state index contributed by atoms with van der Waals surface area (Å²) in [5.41, 5.74) is 1.88. The van der Waals surface area contributed by atoms with E-state index in [-0.39, 0.29) is 5.56 Å². The second-order valence-corrected chi connectivity index (χ2v) is 6.32. The molecule has 0 atom stereocenters. The van der Waals surface area contributed by atoms with Crippen molar-refractivity contribution in [2.75, 3.05) is 37.6 Å². The van der Waals surface area contributed by atoms with Crippen molar-refractivity contribution in [1.82, 2.24) is 29.4 Å². The van der Waals surface area contributed by atoms with E-state index in [0.29, 0.717) is 5.39 Å². The van der Waals surface area contributed by atoms with Crippen molar-refractivity contribution in [2.24, 2.45) is 7.05 Å². The molecule has 25 heavy (non-hydrogen) atoms. The SMILES string of the molecule is Cn1cnc2cc(N3CCN(CCn4nccn4)CC3)ccc2c1=O. The van der Waals surface area contributed by atoms with Gasteiger partial charge in [-0.3, -0.25) is 9.69 Å². The van der Waals surface area contributed by atoms with Crippen LogP contribution in [0.2, 0.25) is 0 Å². The molecule has 8 nitrogen and oxygen atoms in total. The maximum Gasteiger partial charge on any atom is 0.260 e. The maximum atomic E-state index is 12.1. The quantitative estimate of drug-likeness (QED) is 0.683. The lowest BCUT2D eigenvalue weighted by Crippen LogP contribution is -2.47. The number of piperazine rings is 1. The number of rotatable bonds is 4. The molecular formula is C17H21N7O. The smallest absolute Gasteiger partial charge is 0.260 e. The number of hydrogen-bond donors (Lipinski definition) is 0. The fourth-order valence-corrected chi connectivity index (χ4v) is 3.21. The monoisotopic (exact) mass is 339 g/mol. The van der Waals surface area contributed by atoms with Crippen LogP contribution in [0.1, 0.15) is 0 Å². The highest BCUT2D eigenvalue weighted by molar-refractivity contribution is 5.81. The second-order valence-electron chi connectivity index (χ2n) is 6.32. The van der Waals surface area contributed by atoms with Gasteiger partial charge < -0.3 is 9.47 Å². The number of aromatic nitrogens is 5. The van der Waals surface area contributed by atoms with E-state index in [0.717, 1.165) is 50.5 Å². The van der Waals surface area contributed by atoms with Gasteiger partial charge in [0.25, 0.3) is 5.56 Å². The predicted octanol–water partition coefficient (Wildman–Crippen LogP) is 0.347. The van der Waals surface area contributed by atoms with Crippen LogP contribution in [0.25, 0.3) is 10.9 Å². The first kappa shape index (κ1) is 15.8. The number of benzene rings is 1. The van der Waals surface area contributed by atoms with Crippen molar-refractivity contribution in [3.8, 4) is 0 Å². The van der Waals surface area contributed by atoms with Crippen molar-refractivity contribution in [2.45, 2.75) is 6.54 Å². The minimum atomic E-state index is -0.00593. The highest BCUT2D eigenvalue weighted by Gasteiger charge is 2.17. The van der Waals surface area contributed by atoms with Crippen LogP contribution in [0.3, 0.4) is 0 Å². The average Bonchev–Trinajstić information content (AvgIpc) is 3.17. The first-order valence-corrected chi connectivity index (χ1v) is 8.47. The van der Waals surface area contributed by atoms with Gasteiger partial charge in [-0.1, -0.05) is 0 Å². The molecule has 1 saturated heterocycles. The summed E-state index contributed by atoms with van der Waals surface area (Å²) in [7, 11) is 1.72. The third kappa shape index (κ3) is 3.25. The van der Waals surface area contributed by atoms with Crippen LogP contribution >= 0.6 is 0 Å². The van der Waals surface area contributed by atoms with Gasteiger partial charge in [0.15, 0.2) is 0 Å². The van der Waals surface area contributed by atoms with Gasteiger partial charge in [-0.15, -0.1) is 0 Å². The molecule has 4 rings (SSSR count). The molecule has 1 aromatic carbocycles. The lowest BCUT2D eigenvalue weighted by Gasteiger charge is -2.36. The number of nitrogens with zero attached hydrogens (tertiary/aromatic N) is 7. The fourth-order valence-electron chi connectivity index (χ4n) is 3.21. The highest BCUT2D eigenvalue weighted by Crippen LogP contribution is 2.20. The number of aryl methyl sites for hydroxylation is 1. The topological polar surface area (TPSA) is 72.1 Å². The van der Waals surface area contributed by atoms with E-state index in [1.807, 2.05) is 18.2 Å². The Morgan fingerprint density at radius 1 is 1.04 bits per heavy atom. The molecule has 0 bridgehead atoms. The van der Waals surface area contributed by atoms with Crippen LogP contribution in [-0.4, -0.2) is 62.2 Å². The van der Waals surface area contributed by atoms with Gasteiger partial charge in [-0.05, 0) is 18.2 Å². The summed E-state index contributed by atoms with van der Waals surface area (Å²) >= 11 is 0. The van der Waals surface area contributed by atoms with Crippen LogP contribution in [0.4, 0.5) is 5.69 Å². The summed E-state index contributed by atoms with van der Waals surface area (Å²) < 4.78 is 1.51. The van der Waals surface area contributed by atoms with Gasteiger partial charge in [0.05, 0.1) is 36.2 Å². The molecule has 8 heteroatoms. The van der Waals surface area contributed by atoms with E-state index in [2.05, 4.69) is 25.0 Å². The van der Waals surface area contributed by atoms with Gasteiger partial charge >= 0.3 is 0 Å². The third-order valence-corrected chi connectivity index (χ3v) is 4.72. The van der Waals surface area contributed by atoms with E-state index in [9.17, 15) is 4.79 Å². The van der Waals surface area contributed by atoms with Gasteiger partial charge in [0, 0.05) is 45.5 Å². The summed E-state index contributed by atoms with van der Waals surface area (Å²) in [5, 5.41) is 8.95.